The molecule has 1 aromatic heterocycles. The Hall–Kier alpha value is -1.56. The first-order valence-electron chi connectivity index (χ1n) is 9.11. The number of aryl methyl sites for hydroxylation is 1. The van der Waals surface area contributed by atoms with Gasteiger partial charge in [0.25, 0.3) is 0 Å². The lowest BCUT2D eigenvalue weighted by Crippen LogP contribution is -2.51. The molecule has 1 aliphatic heterocycles. The van der Waals surface area contributed by atoms with Crippen LogP contribution in [0.1, 0.15) is 17.4 Å². The van der Waals surface area contributed by atoms with E-state index >= 15 is 0 Å². The zero-order chi connectivity index (χ0) is 18.5. The number of carbonyl (C=O) groups excluding carboxylic acids is 1. The molecule has 0 atom stereocenters. The van der Waals surface area contributed by atoms with Crippen molar-refractivity contribution in [2.45, 2.75) is 20.4 Å². The second-order valence-electron chi connectivity index (χ2n) is 6.72. The second kappa shape index (κ2) is 8.89. The molecule has 1 aliphatic rings. The van der Waals surface area contributed by atoms with E-state index in [2.05, 4.69) is 47.9 Å². The van der Waals surface area contributed by atoms with E-state index in [1.54, 1.807) is 11.3 Å². The maximum absolute atomic E-state index is 12.7. The smallest absolute Gasteiger partial charge is 0.236 e. The minimum Gasteiger partial charge on any atom is -0.368 e. The molecule has 2 heterocycles. The lowest BCUT2D eigenvalue weighted by molar-refractivity contribution is -0.132. The van der Waals surface area contributed by atoms with Crippen molar-refractivity contribution in [2.75, 3.05) is 44.2 Å². The second-order valence-corrected chi connectivity index (χ2v) is 8.52. The average molecular weight is 392 g/mol. The number of hydrogen-bond acceptors (Lipinski definition) is 4. The highest BCUT2D eigenvalue weighted by atomic mass is 35.5. The fourth-order valence-corrected chi connectivity index (χ4v) is 4.40. The minimum absolute atomic E-state index is 0.221. The third-order valence-corrected chi connectivity index (χ3v) is 6.03. The Balaban J connectivity index is 1.51. The molecular formula is C20H26ClN3OS. The SMILES string of the molecule is CCN(CC(=O)N1CCN(c2cccc(C)c2)CC1)Cc1ccc(Cl)s1. The van der Waals surface area contributed by atoms with E-state index in [0.29, 0.717) is 6.54 Å². The standard InChI is InChI=1S/C20H26ClN3OS/c1-3-22(14-18-7-8-19(21)26-18)15-20(25)24-11-9-23(10-12-24)17-6-4-5-16(2)13-17/h4-8,13H,3,9-12,14-15H2,1-2H3. The lowest BCUT2D eigenvalue weighted by atomic mass is 10.2. The minimum atomic E-state index is 0.221. The highest BCUT2D eigenvalue weighted by Crippen LogP contribution is 2.23. The molecule has 140 valence electrons. The first kappa shape index (κ1) is 19.2. The molecule has 0 saturated carbocycles. The summed E-state index contributed by atoms with van der Waals surface area (Å²) in [5.41, 5.74) is 2.52. The fourth-order valence-electron chi connectivity index (χ4n) is 3.27. The van der Waals surface area contributed by atoms with Gasteiger partial charge in [0, 0.05) is 43.3 Å². The summed E-state index contributed by atoms with van der Waals surface area (Å²) in [5, 5.41) is 0. The molecule has 1 amide bonds. The van der Waals surface area contributed by atoms with Gasteiger partial charge in [-0.1, -0.05) is 30.7 Å². The molecule has 0 bridgehead atoms. The van der Waals surface area contributed by atoms with Gasteiger partial charge in [0.1, 0.15) is 0 Å². The molecule has 0 radical (unpaired) electrons. The molecule has 6 heteroatoms. The number of thiophene rings is 1. The van der Waals surface area contributed by atoms with Gasteiger partial charge in [-0.3, -0.25) is 9.69 Å². The third kappa shape index (κ3) is 5.00. The number of anilines is 1. The normalized spacial score (nSPS) is 14.9. The van der Waals surface area contributed by atoms with Gasteiger partial charge in [0.2, 0.25) is 5.91 Å². The highest BCUT2D eigenvalue weighted by Gasteiger charge is 2.22. The van der Waals surface area contributed by atoms with Crippen LogP contribution in [0.2, 0.25) is 4.34 Å². The Kier molecular flexibility index (Phi) is 6.57. The van der Waals surface area contributed by atoms with Crippen LogP contribution in [0, 0.1) is 6.92 Å². The van der Waals surface area contributed by atoms with Crippen LogP contribution < -0.4 is 4.90 Å². The first-order valence-corrected chi connectivity index (χ1v) is 10.3. The molecule has 2 aromatic rings. The molecule has 0 aliphatic carbocycles. The fraction of sp³-hybridized carbons (Fsp3) is 0.450. The van der Waals surface area contributed by atoms with Crippen LogP contribution in [0.25, 0.3) is 0 Å². The average Bonchev–Trinajstić information content (AvgIpc) is 3.06. The maximum atomic E-state index is 12.7. The quantitative estimate of drug-likeness (QED) is 0.747. The van der Waals surface area contributed by atoms with Crippen molar-refractivity contribution in [1.82, 2.24) is 9.80 Å². The highest BCUT2D eigenvalue weighted by molar-refractivity contribution is 7.16. The lowest BCUT2D eigenvalue weighted by Gasteiger charge is -2.37. The van der Waals surface area contributed by atoms with Gasteiger partial charge in [-0.25, -0.2) is 0 Å². The molecule has 1 aromatic carbocycles. The Labute approximate surface area is 165 Å². The van der Waals surface area contributed by atoms with E-state index < -0.39 is 0 Å². The predicted octanol–water partition coefficient (Wildman–Crippen LogP) is 3.88. The largest absolute Gasteiger partial charge is 0.368 e. The van der Waals surface area contributed by atoms with Crippen LogP contribution in [0.5, 0.6) is 0 Å². The summed E-state index contributed by atoms with van der Waals surface area (Å²) < 4.78 is 0.801. The number of benzene rings is 1. The summed E-state index contributed by atoms with van der Waals surface area (Å²) in [6, 6.07) is 12.5. The Morgan fingerprint density at radius 3 is 2.58 bits per heavy atom. The summed E-state index contributed by atoms with van der Waals surface area (Å²) >= 11 is 7.59. The molecular weight excluding hydrogens is 366 g/mol. The van der Waals surface area contributed by atoms with E-state index in [0.717, 1.165) is 43.6 Å². The van der Waals surface area contributed by atoms with Gasteiger partial charge in [-0.2, -0.15) is 0 Å². The predicted molar refractivity (Wildman–Crippen MR) is 110 cm³/mol. The van der Waals surface area contributed by atoms with Gasteiger partial charge >= 0.3 is 0 Å². The molecule has 0 N–H and O–H groups in total. The van der Waals surface area contributed by atoms with Crippen molar-refractivity contribution in [1.29, 1.82) is 0 Å². The van der Waals surface area contributed by atoms with Gasteiger partial charge in [0.05, 0.1) is 10.9 Å². The number of nitrogens with zero attached hydrogens (tertiary/aromatic N) is 3. The van der Waals surface area contributed by atoms with Gasteiger partial charge < -0.3 is 9.80 Å². The van der Waals surface area contributed by atoms with Crippen LogP contribution >= 0.6 is 22.9 Å². The molecule has 0 spiro atoms. The molecule has 26 heavy (non-hydrogen) atoms. The number of carbonyl (C=O) groups is 1. The number of piperazine rings is 1. The third-order valence-electron chi connectivity index (χ3n) is 4.81. The monoisotopic (exact) mass is 391 g/mol. The van der Waals surface area contributed by atoms with Gasteiger partial charge in [-0.05, 0) is 43.3 Å². The maximum Gasteiger partial charge on any atom is 0.236 e. The van der Waals surface area contributed by atoms with Gasteiger partial charge in [0.15, 0.2) is 0 Å². The number of amides is 1. The van der Waals surface area contributed by atoms with Gasteiger partial charge in [-0.15, -0.1) is 11.3 Å². The molecule has 0 unspecified atom stereocenters. The summed E-state index contributed by atoms with van der Waals surface area (Å²) in [6.07, 6.45) is 0. The van der Waals surface area contributed by atoms with E-state index in [4.69, 9.17) is 11.6 Å². The van der Waals surface area contributed by atoms with Crippen molar-refractivity contribution >= 4 is 34.5 Å². The Morgan fingerprint density at radius 2 is 1.96 bits per heavy atom. The van der Waals surface area contributed by atoms with Crippen LogP contribution in [0.15, 0.2) is 36.4 Å². The van der Waals surface area contributed by atoms with Crippen molar-refractivity contribution in [3.8, 4) is 0 Å². The molecule has 1 fully saturated rings. The zero-order valence-electron chi connectivity index (χ0n) is 15.4. The zero-order valence-corrected chi connectivity index (χ0v) is 17.0. The molecule has 1 saturated heterocycles. The number of rotatable bonds is 6. The topological polar surface area (TPSA) is 26.8 Å². The summed E-state index contributed by atoms with van der Waals surface area (Å²) in [7, 11) is 0. The van der Waals surface area contributed by atoms with E-state index in [1.807, 2.05) is 17.0 Å². The molecule has 3 rings (SSSR count). The van der Waals surface area contributed by atoms with Crippen molar-refractivity contribution in [3.63, 3.8) is 0 Å². The van der Waals surface area contributed by atoms with Crippen LogP contribution in [0.4, 0.5) is 5.69 Å². The number of likely N-dealkylation sites (N-methyl/N-ethyl adjacent to an activating group) is 1. The Morgan fingerprint density at radius 1 is 1.19 bits per heavy atom. The summed E-state index contributed by atoms with van der Waals surface area (Å²) in [5.74, 6) is 0.221. The Bertz CT molecular complexity index is 740. The van der Waals surface area contributed by atoms with Crippen LogP contribution in [0.3, 0.4) is 0 Å². The van der Waals surface area contributed by atoms with Crippen LogP contribution in [-0.2, 0) is 11.3 Å². The van der Waals surface area contributed by atoms with E-state index in [-0.39, 0.29) is 5.91 Å². The number of halogens is 1. The van der Waals surface area contributed by atoms with Crippen molar-refractivity contribution in [3.05, 3.63) is 51.2 Å². The van der Waals surface area contributed by atoms with E-state index in [1.165, 1.54) is 16.1 Å². The number of hydrogen-bond donors (Lipinski definition) is 0. The first-order chi connectivity index (χ1) is 12.5. The van der Waals surface area contributed by atoms with Crippen molar-refractivity contribution in [2.24, 2.45) is 0 Å². The van der Waals surface area contributed by atoms with E-state index in [9.17, 15) is 4.79 Å². The molecule has 4 nitrogen and oxygen atoms in total. The summed E-state index contributed by atoms with van der Waals surface area (Å²) in [4.78, 5) is 20.4. The summed E-state index contributed by atoms with van der Waals surface area (Å²) in [6.45, 7) is 9.67. The van der Waals surface area contributed by atoms with Crippen molar-refractivity contribution < 1.29 is 4.79 Å². The van der Waals surface area contributed by atoms with Crippen LogP contribution in [-0.4, -0.2) is 55.0 Å².